The molecule has 1 aromatic carbocycles. The molecule has 9 nitrogen and oxygen atoms in total. The molecule has 33 heavy (non-hydrogen) atoms. The standard InChI is InChI=1S/C23H23FN8O/c24-19-6-2-1-5-17(19)13-26-21(33)15-32-23-18(14-29-32)22(27-16-28-23)31-11-9-30(10-12-31)20-7-3-4-8-25-20/h1-8,14,16H,9-13,15H2,(H,26,33). The van der Waals surface area contributed by atoms with Crippen LogP contribution in [-0.4, -0.2) is 56.8 Å². The summed E-state index contributed by atoms with van der Waals surface area (Å²) in [6, 6.07) is 12.3. The lowest BCUT2D eigenvalue weighted by Gasteiger charge is -2.36. The predicted molar refractivity (Wildman–Crippen MR) is 122 cm³/mol. The van der Waals surface area contributed by atoms with Gasteiger partial charge in [0.2, 0.25) is 5.91 Å². The van der Waals surface area contributed by atoms with E-state index in [1.165, 1.54) is 12.4 Å². The highest BCUT2D eigenvalue weighted by Crippen LogP contribution is 2.24. The van der Waals surface area contributed by atoms with Crippen molar-refractivity contribution in [2.24, 2.45) is 0 Å². The first-order chi connectivity index (χ1) is 16.2. The second-order valence-corrected chi connectivity index (χ2v) is 7.77. The van der Waals surface area contributed by atoms with Gasteiger partial charge in [-0.1, -0.05) is 24.3 Å². The Morgan fingerprint density at radius 2 is 1.76 bits per heavy atom. The quantitative estimate of drug-likeness (QED) is 0.484. The maximum absolute atomic E-state index is 13.8. The monoisotopic (exact) mass is 446 g/mol. The number of hydrogen-bond acceptors (Lipinski definition) is 7. The topological polar surface area (TPSA) is 92.1 Å². The number of nitrogens with zero attached hydrogens (tertiary/aromatic N) is 7. The van der Waals surface area contributed by atoms with Crippen LogP contribution in [0.2, 0.25) is 0 Å². The zero-order chi connectivity index (χ0) is 22.6. The molecule has 1 aliphatic heterocycles. The van der Waals surface area contributed by atoms with E-state index >= 15 is 0 Å². The molecule has 1 amide bonds. The lowest BCUT2D eigenvalue weighted by atomic mass is 10.2. The number of carbonyl (C=O) groups excluding carboxylic acids is 1. The summed E-state index contributed by atoms with van der Waals surface area (Å²) in [7, 11) is 0. The maximum atomic E-state index is 13.8. The fourth-order valence-corrected chi connectivity index (χ4v) is 3.96. The summed E-state index contributed by atoms with van der Waals surface area (Å²) in [6.07, 6.45) is 4.99. The molecule has 0 atom stereocenters. The zero-order valence-electron chi connectivity index (χ0n) is 17.9. The van der Waals surface area contributed by atoms with E-state index in [1.54, 1.807) is 35.3 Å². The minimum absolute atomic E-state index is 0.0120. The van der Waals surface area contributed by atoms with E-state index in [2.05, 4.69) is 35.2 Å². The second kappa shape index (κ2) is 9.19. The number of hydrogen-bond donors (Lipinski definition) is 1. The third kappa shape index (κ3) is 4.45. The number of fused-ring (bicyclic) bond motifs is 1. The van der Waals surface area contributed by atoms with Gasteiger partial charge in [-0.25, -0.2) is 24.0 Å². The number of carbonyl (C=O) groups is 1. The van der Waals surface area contributed by atoms with Gasteiger partial charge < -0.3 is 15.1 Å². The van der Waals surface area contributed by atoms with Crippen LogP contribution in [0.5, 0.6) is 0 Å². The Labute approximate surface area is 189 Å². The average molecular weight is 446 g/mol. The number of pyridine rings is 1. The summed E-state index contributed by atoms with van der Waals surface area (Å²) in [6.45, 7) is 3.34. The van der Waals surface area contributed by atoms with Gasteiger partial charge in [0, 0.05) is 44.5 Å². The molecule has 0 unspecified atom stereocenters. The van der Waals surface area contributed by atoms with Gasteiger partial charge in [-0.05, 0) is 18.2 Å². The number of benzene rings is 1. The Balaban J connectivity index is 1.26. The van der Waals surface area contributed by atoms with Crippen LogP contribution in [0.1, 0.15) is 5.56 Å². The summed E-state index contributed by atoms with van der Waals surface area (Å²) in [5, 5.41) is 7.89. The Morgan fingerprint density at radius 3 is 2.55 bits per heavy atom. The van der Waals surface area contributed by atoms with Crippen molar-refractivity contribution < 1.29 is 9.18 Å². The molecule has 168 valence electrons. The highest BCUT2D eigenvalue weighted by atomic mass is 19.1. The van der Waals surface area contributed by atoms with Gasteiger partial charge in [0.15, 0.2) is 5.65 Å². The Kier molecular flexibility index (Phi) is 5.79. The summed E-state index contributed by atoms with van der Waals surface area (Å²) in [5.74, 6) is 1.16. The number of halogens is 1. The fraction of sp³-hybridized carbons (Fsp3) is 0.261. The number of aromatic nitrogens is 5. The summed E-state index contributed by atoms with van der Waals surface area (Å²) in [4.78, 5) is 30.2. The van der Waals surface area contributed by atoms with Crippen molar-refractivity contribution in [1.82, 2.24) is 30.0 Å². The molecule has 1 fully saturated rings. The van der Waals surface area contributed by atoms with Gasteiger partial charge in [-0.2, -0.15) is 5.10 Å². The Hall–Kier alpha value is -4.08. The number of nitrogens with one attached hydrogen (secondary N) is 1. The number of rotatable bonds is 6. The van der Waals surface area contributed by atoms with Gasteiger partial charge in [-0.15, -0.1) is 0 Å². The fourth-order valence-electron chi connectivity index (χ4n) is 3.96. The highest BCUT2D eigenvalue weighted by molar-refractivity contribution is 5.88. The number of piperazine rings is 1. The van der Waals surface area contributed by atoms with E-state index < -0.39 is 0 Å². The van der Waals surface area contributed by atoms with Crippen LogP contribution >= 0.6 is 0 Å². The van der Waals surface area contributed by atoms with Gasteiger partial charge in [-0.3, -0.25) is 4.79 Å². The lowest BCUT2D eigenvalue weighted by Crippen LogP contribution is -2.47. The van der Waals surface area contributed by atoms with Crippen LogP contribution in [0.3, 0.4) is 0 Å². The summed E-state index contributed by atoms with van der Waals surface area (Å²) < 4.78 is 15.3. The number of anilines is 2. The van der Waals surface area contributed by atoms with Crippen molar-refractivity contribution in [3.8, 4) is 0 Å². The maximum Gasteiger partial charge on any atom is 0.242 e. The second-order valence-electron chi connectivity index (χ2n) is 7.77. The minimum Gasteiger partial charge on any atom is -0.353 e. The van der Waals surface area contributed by atoms with E-state index in [-0.39, 0.29) is 24.8 Å². The van der Waals surface area contributed by atoms with E-state index in [0.29, 0.717) is 11.2 Å². The van der Waals surface area contributed by atoms with Gasteiger partial charge >= 0.3 is 0 Å². The van der Waals surface area contributed by atoms with Gasteiger partial charge in [0.1, 0.15) is 30.3 Å². The van der Waals surface area contributed by atoms with Crippen molar-refractivity contribution in [3.63, 3.8) is 0 Å². The van der Waals surface area contributed by atoms with Crippen LogP contribution in [0.4, 0.5) is 16.0 Å². The number of amides is 1. The third-order valence-electron chi connectivity index (χ3n) is 5.69. The van der Waals surface area contributed by atoms with Crippen molar-refractivity contribution in [3.05, 3.63) is 72.6 Å². The first-order valence-corrected chi connectivity index (χ1v) is 10.8. The summed E-state index contributed by atoms with van der Waals surface area (Å²) in [5.41, 5.74) is 1.03. The minimum atomic E-state index is -0.345. The first-order valence-electron chi connectivity index (χ1n) is 10.8. The van der Waals surface area contributed by atoms with E-state index in [4.69, 9.17) is 0 Å². The van der Waals surface area contributed by atoms with Gasteiger partial charge in [0.25, 0.3) is 0 Å². The van der Waals surface area contributed by atoms with Crippen LogP contribution in [0.25, 0.3) is 11.0 Å². The molecule has 5 rings (SSSR count). The molecule has 0 aliphatic carbocycles. The molecular weight excluding hydrogens is 423 g/mol. The molecule has 3 aromatic heterocycles. The van der Waals surface area contributed by atoms with Gasteiger partial charge in [0.05, 0.1) is 11.6 Å². The highest BCUT2D eigenvalue weighted by Gasteiger charge is 2.22. The van der Waals surface area contributed by atoms with E-state index in [0.717, 1.165) is 43.2 Å². The van der Waals surface area contributed by atoms with Crippen LogP contribution in [0.15, 0.2) is 61.2 Å². The third-order valence-corrected chi connectivity index (χ3v) is 5.69. The summed E-state index contributed by atoms with van der Waals surface area (Å²) >= 11 is 0. The van der Waals surface area contributed by atoms with E-state index in [9.17, 15) is 9.18 Å². The molecule has 1 N–H and O–H groups in total. The van der Waals surface area contributed by atoms with Crippen molar-refractivity contribution in [1.29, 1.82) is 0 Å². The predicted octanol–water partition coefficient (Wildman–Crippen LogP) is 2.00. The smallest absolute Gasteiger partial charge is 0.242 e. The molecule has 1 aliphatic rings. The average Bonchev–Trinajstić information content (AvgIpc) is 3.27. The molecule has 0 spiro atoms. The van der Waals surface area contributed by atoms with Crippen LogP contribution in [-0.2, 0) is 17.9 Å². The Morgan fingerprint density at radius 1 is 0.970 bits per heavy atom. The molecule has 4 aromatic rings. The largest absolute Gasteiger partial charge is 0.353 e. The molecule has 1 saturated heterocycles. The molecular formula is C23H23FN8O. The first kappa shape index (κ1) is 20.8. The van der Waals surface area contributed by atoms with Crippen LogP contribution < -0.4 is 15.1 Å². The normalized spacial score (nSPS) is 14.0. The molecule has 0 saturated carbocycles. The lowest BCUT2D eigenvalue weighted by molar-refractivity contribution is -0.121. The van der Waals surface area contributed by atoms with Crippen LogP contribution in [0, 0.1) is 5.82 Å². The molecule has 0 bridgehead atoms. The Bertz CT molecular complexity index is 1250. The van der Waals surface area contributed by atoms with Crippen molar-refractivity contribution in [2.45, 2.75) is 13.1 Å². The molecule has 4 heterocycles. The SMILES string of the molecule is O=C(Cn1ncc2c(N3CCN(c4ccccn4)CC3)ncnc21)NCc1ccccc1F. The molecule has 0 radical (unpaired) electrons. The molecule has 10 heteroatoms. The van der Waals surface area contributed by atoms with Crippen molar-refractivity contribution in [2.75, 3.05) is 36.0 Å². The van der Waals surface area contributed by atoms with Crippen molar-refractivity contribution >= 4 is 28.6 Å². The van der Waals surface area contributed by atoms with E-state index in [1.807, 2.05) is 18.2 Å². The zero-order valence-corrected chi connectivity index (χ0v) is 17.9.